The monoisotopic (exact) mass is 327 g/mol. The molecular weight excluding hydrogens is 310 g/mol. The number of aryl methyl sites for hydroxylation is 1. The van der Waals surface area contributed by atoms with Gasteiger partial charge in [0.15, 0.2) is 0 Å². The van der Waals surface area contributed by atoms with Gasteiger partial charge in [-0.15, -0.1) is 0 Å². The second-order valence-corrected chi connectivity index (χ2v) is 5.19. The number of ether oxygens (including phenoxy) is 2. The number of fused-ring (bicyclic) bond motifs is 1. The summed E-state index contributed by atoms with van der Waals surface area (Å²) in [6, 6.07) is 8.81. The van der Waals surface area contributed by atoms with Gasteiger partial charge in [0.2, 0.25) is 5.88 Å². The van der Waals surface area contributed by atoms with Gasteiger partial charge in [-0.3, -0.25) is 0 Å². The molecule has 0 saturated heterocycles. The maximum Gasteiger partial charge on any atom is 0.339 e. The lowest BCUT2D eigenvalue weighted by atomic mass is 10.1. The Bertz CT molecular complexity index is 884. The van der Waals surface area contributed by atoms with E-state index in [0.29, 0.717) is 35.0 Å². The predicted molar refractivity (Wildman–Crippen MR) is 87.6 cm³/mol. The summed E-state index contributed by atoms with van der Waals surface area (Å²) in [6.07, 6.45) is 1.66. The fourth-order valence-electron chi connectivity index (χ4n) is 2.52. The predicted octanol–water partition coefficient (Wildman–Crippen LogP) is 3.81. The molecule has 2 aromatic heterocycles. The van der Waals surface area contributed by atoms with Crippen molar-refractivity contribution in [1.29, 1.82) is 0 Å². The molecule has 0 radical (unpaired) electrons. The van der Waals surface area contributed by atoms with E-state index in [1.165, 1.54) is 0 Å². The lowest BCUT2D eigenvalue weighted by Gasteiger charge is -2.10. The largest absolute Gasteiger partial charge is 0.489 e. The smallest absolute Gasteiger partial charge is 0.339 e. The van der Waals surface area contributed by atoms with E-state index in [2.05, 4.69) is 4.98 Å². The molecule has 0 bridgehead atoms. The van der Waals surface area contributed by atoms with Crippen molar-refractivity contribution >= 4 is 16.9 Å². The van der Waals surface area contributed by atoms with Gasteiger partial charge >= 0.3 is 5.97 Å². The van der Waals surface area contributed by atoms with Crippen molar-refractivity contribution in [1.82, 2.24) is 4.98 Å². The zero-order valence-electron chi connectivity index (χ0n) is 13.4. The van der Waals surface area contributed by atoms with Crippen LogP contribution < -0.4 is 9.47 Å². The van der Waals surface area contributed by atoms with Crippen LogP contribution in [0.5, 0.6) is 11.6 Å². The maximum absolute atomic E-state index is 11.4. The molecular formula is C18H17NO5. The Balaban J connectivity index is 1.86. The lowest BCUT2D eigenvalue weighted by Crippen LogP contribution is -2.02. The first kappa shape index (κ1) is 15.9. The Labute approximate surface area is 138 Å². The molecule has 2 heterocycles. The third kappa shape index (κ3) is 3.03. The minimum absolute atomic E-state index is 0.159. The summed E-state index contributed by atoms with van der Waals surface area (Å²) in [5.41, 5.74) is 1.50. The molecule has 6 heteroatoms. The second-order valence-electron chi connectivity index (χ2n) is 5.19. The Morgan fingerprint density at radius 2 is 2.12 bits per heavy atom. The summed E-state index contributed by atoms with van der Waals surface area (Å²) in [6.45, 7) is 4.32. The highest BCUT2D eigenvalue weighted by Crippen LogP contribution is 2.29. The standard InChI is InChI=1S/C18H17NO5/c1-3-22-17-12(5-4-8-19-17)10-23-13-6-7-15-14(9-13)16(18(20)21)11(2)24-15/h4-9H,3,10H2,1-2H3,(H,20,21). The number of aromatic nitrogens is 1. The molecule has 0 unspecified atom stereocenters. The van der Waals surface area contributed by atoms with Crippen LogP contribution >= 0.6 is 0 Å². The van der Waals surface area contributed by atoms with E-state index in [9.17, 15) is 9.90 Å². The summed E-state index contributed by atoms with van der Waals surface area (Å²) in [7, 11) is 0. The van der Waals surface area contributed by atoms with E-state index >= 15 is 0 Å². The van der Waals surface area contributed by atoms with Gasteiger partial charge in [0.1, 0.15) is 29.3 Å². The van der Waals surface area contributed by atoms with Gasteiger partial charge in [0.05, 0.1) is 12.2 Å². The number of aromatic carboxylic acids is 1. The first-order valence-corrected chi connectivity index (χ1v) is 7.56. The Morgan fingerprint density at radius 1 is 1.29 bits per heavy atom. The third-order valence-electron chi connectivity index (χ3n) is 3.57. The van der Waals surface area contributed by atoms with Gasteiger partial charge in [0.25, 0.3) is 0 Å². The van der Waals surface area contributed by atoms with Crippen molar-refractivity contribution in [2.45, 2.75) is 20.5 Å². The zero-order valence-corrected chi connectivity index (χ0v) is 13.4. The molecule has 124 valence electrons. The molecule has 0 atom stereocenters. The topological polar surface area (TPSA) is 81.8 Å². The molecule has 3 rings (SSSR count). The van der Waals surface area contributed by atoms with Crippen LogP contribution in [-0.4, -0.2) is 22.7 Å². The van der Waals surface area contributed by atoms with Crippen molar-refractivity contribution in [3.05, 3.63) is 53.4 Å². The number of carbonyl (C=O) groups is 1. The molecule has 0 saturated carbocycles. The summed E-state index contributed by atoms with van der Waals surface area (Å²) < 4.78 is 16.7. The molecule has 0 spiro atoms. The molecule has 1 aromatic carbocycles. The molecule has 0 fully saturated rings. The fraction of sp³-hybridized carbons (Fsp3) is 0.222. The van der Waals surface area contributed by atoms with Crippen molar-refractivity contribution in [3.63, 3.8) is 0 Å². The first-order chi connectivity index (χ1) is 11.6. The lowest BCUT2D eigenvalue weighted by molar-refractivity contribution is 0.0697. The number of hydrogen-bond acceptors (Lipinski definition) is 5. The van der Waals surface area contributed by atoms with Gasteiger partial charge in [-0.2, -0.15) is 0 Å². The van der Waals surface area contributed by atoms with Crippen LogP contribution in [0.2, 0.25) is 0 Å². The van der Waals surface area contributed by atoms with E-state index in [0.717, 1.165) is 5.56 Å². The van der Waals surface area contributed by atoms with E-state index < -0.39 is 5.97 Å². The van der Waals surface area contributed by atoms with Crippen LogP contribution in [0.25, 0.3) is 11.0 Å². The van der Waals surface area contributed by atoms with Gasteiger partial charge in [0, 0.05) is 11.6 Å². The van der Waals surface area contributed by atoms with Gasteiger partial charge in [-0.05, 0) is 44.2 Å². The molecule has 0 aliphatic rings. The van der Waals surface area contributed by atoms with Crippen molar-refractivity contribution in [3.8, 4) is 11.6 Å². The highest BCUT2D eigenvalue weighted by molar-refractivity contribution is 6.03. The Hall–Kier alpha value is -3.02. The van der Waals surface area contributed by atoms with E-state index in [1.807, 2.05) is 19.1 Å². The minimum Gasteiger partial charge on any atom is -0.489 e. The Morgan fingerprint density at radius 3 is 2.88 bits per heavy atom. The minimum atomic E-state index is -1.02. The zero-order chi connectivity index (χ0) is 17.1. The maximum atomic E-state index is 11.4. The number of hydrogen-bond donors (Lipinski definition) is 1. The quantitative estimate of drug-likeness (QED) is 0.741. The number of pyridine rings is 1. The van der Waals surface area contributed by atoms with Crippen molar-refractivity contribution in [2.75, 3.05) is 6.61 Å². The number of nitrogens with zero attached hydrogens (tertiary/aromatic N) is 1. The third-order valence-corrected chi connectivity index (χ3v) is 3.57. The van der Waals surface area contributed by atoms with E-state index in [4.69, 9.17) is 13.9 Å². The average Bonchev–Trinajstić information content (AvgIpc) is 2.89. The highest BCUT2D eigenvalue weighted by Gasteiger charge is 2.18. The highest BCUT2D eigenvalue weighted by atomic mass is 16.5. The van der Waals surface area contributed by atoms with Gasteiger partial charge in [-0.1, -0.05) is 0 Å². The van der Waals surface area contributed by atoms with E-state index in [1.54, 1.807) is 31.3 Å². The van der Waals surface area contributed by atoms with Crippen molar-refractivity contribution < 1.29 is 23.8 Å². The summed E-state index contributed by atoms with van der Waals surface area (Å²) in [5, 5.41) is 9.84. The molecule has 6 nitrogen and oxygen atoms in total. The molecule has 24 heavy (non-hydrogen) atoms. The number of carboxylic acids is 1. The molecule has 0 aliphatic carbocycles. The van der Waals surface area contributed by atoms with Crippen LogP contribution in [0.1, 0.15) is 28.6 Å². The number of carboxylic acid groups (broad SMARTS) is 1. The summed E-state index contributed by atoms with van der Waals surface area (Å²) >= 11 is 0. The normalized spacial score (nSPS) is 10.8. The Kier molecular flexibility index (Phi) is 4.37. The molecule has 3 aromatic rings. The second kappa shape index (κ2) is 6.62. The molecule has 0 amide bonds. The van der Waals surface area contributed by atoms with Crippen molar-refractivity contribution in [2.24, 2.45) is 0 Å². The van der Waals surface area contributed by atoms with Crippen LogP contribution in [0, 0.1) is 6.92 Å². The van der Waals surface area contributed by atoms with Crippen LogP contribution in [0.3, 0.4) is 0 Å². The van der Waals surface area contributed by atoms with Crippen LogP contribution in [-0.2, 0) is 6.61 Å². The summed E-state index contributed by atoms with van der Waals surface area (Å²) in [5.74, 6) is 0.443. The molecule has 1 N–H and O–H groups in total. The number of benzene rings is 1. The average molecular weight is 327 g/mol. The van der Waals surface area contributed by atoms with E-state index in [-0.39, 0.29) is 12.2 Å². The van der Waals surface area contributed by atoms with Gasteiger partial charge in [-0.25, -0.2) is 9.78 Å². The molecule has 0 aliphatic heterocycles. The van der Waals surface area contributed by atoms with Crippen LogP contribution in [0.4, 0.5) is 0 Å². The first-order valence-electron chi connectivity index (χ1n) is 7.56. The number of rotatable bonds is 6. The summed E-state index contributed by atoms with van der Waals surface area (Å²) in [4.78, 5) is 15.6. The SMILES string of the molecule is CCOc1ncccc1COc1ccc2oc(C)c(C(=O)O)c2c1. The van der Waals surface area contributed by atoms with Gasteiger partial charge < -0.3 is 19.0 Å². The number of furan rings is 1. The fourth-order valence-corrected chi connectivity index (χ4v) is 2.52. The van der Waals surface area contributed by atoms with Crippen LogP contribution in [0.15, 0.2) is 40.9 Å².